The Balaban J connectivity index is 2.06. The van der Waals surface area contributed by atoms with Crippen LogP contribution in [0.15, 0.2) is 0 Å². The summed E-state index contributed by atoms with van der Waals surface area (Å²) >= 11 is 0. The van der Waals surface area contributed by atoms with Crippen molar-refractivity contribution in [2.45, 2.75) is 45.3 Å². The van der Waals surface area contributed by atoms with Gasteiger partial charge in [-0.1, -0.05) is 0 Å². The maximum absolute atomic E-state index is 12.2. The third kappa shape index (κ3) is 2.78. The number of carbonyl (C=O) groups is 1. The summed E-state index contributed by atoms with van der Waals surface area (Å²) in [6.07, 6.45) is 1.61. The van der Waals surface area contributed by atoms with Crippen LogP contribution in [0.2, 0.25) is 0 Å². The highest BCUT2D eigenvalue weighted by Crippen LogP contribution is 2.50. The average Bonchev–Trinajstić information content (AvgIpc) is 3.07. The molecule has 1 saturated carbocycles. The normalized spacial score (nSPS) is 26.9. The smallest absolute Gasteiger partial charge is 0.410 e. The van der Waals surface area contributed by atoms with Gasteiger partial charge in [-0.25, -0.2) is 4.79 Å². The molecule has 104 valence electrons. The van der Waals surface area contributed by atoms with Gasteiger partial charge in [0, 0.05) is 12.0 Å². The number of rotatable bonds is 2. The Kier molecular flexibility index (Phi) is 3.56. The van der Waals surface area contributed by atoms with Crippen LogP contribution in [0.5, 0.6) is 0 Å². The van der Waals surface area contributed by atoms with Gasteiger partial charge in [-0.15, -0.1) is 0 Å². The number of aliphatic hydroxyl groups excluding tert-OH is 1. The monoisotopic (exact) mass is 257 g/mol. The molecule has 5 heteroatoms. The molecule has 0 aromatic heterocycles. The second kappa shape index (κ2) is 4.70. The molecule has 1 heterocycles. The van der Waals surface area contributed by atoms with Crippen molar-refractivity contribution in [1.82, 2.24) is 4.90 Å². The minimum atomic E-state index is -0.490. The number of amides is 1. The summed E-state index contributed by atoms with van der Waals surface area (Å²) in [6, 6.07) is -0.0499. The summed E-state index contributed by atoms with van der Waals surface area (Å²) < 4.78 is 10.9. The summed E-state index contributed by atoms with van der Waals surface area (Å²) in [5, 5.41) is 9.51. The molecule has 0 radical (unpaired) electrons. The first-order chi connectivity index (χ1) is 8.38. The molecule has 2 rings (SSSR count). The minimum absolute atomic E-state index is 0.0499. The zero-order valence-electron chi connectivity index (χ0n) is 11.4. The fourth-order valence-corrected chi connectivity index (χ4v) is 2.41. The number of morpholine rings is 1. The minimum Gasteiger partial charge on any atom is -0.444 e. The highest BCUT2D eigenvalue weighted by atomic mass is 16.6. The number of nitrogens with zero attached hydrogens (tertiary/aromatic N) is 1. The second-order valence-electron chi connectivity index (χ2n) is 6.28. The van der Waals surface area contributed by atoms with Gasteiger partial charge < -0.3 is 14.6 Å². The lowest BCUT2D eigenvalue weighted by atomic mass is 9.96. The zero-order valence-corrected chi connectivity index (χ0v) is 11.4. The van der Waals surface area contributed by atoms with E-state index in [4.69, 9.17) is 9.47 Å². The van der Waals surface area contributed by atoms with E-state index in [2.05, 4.69) is 0 Å². The predicted octanol–water partition coefficient (Wildman–Crippen LogP) is 1.39. The lowest BCUT2D eigenvalue weighted by Crippen LogP contribution is -2.55. The molecule has 2 aliphatic rings. The van der Waals surface area contributed by atoms with Crippen molar-refractivity contribution in [1.29, 1.82) is 0 Å². The van der Waals surface area contributed by atoms with Crippen molar-refractivity contribution in [3.63, 3.8) is 0 Å². The van der Waals surface area contributed by atoms with Gasteiger partial charge in [-0.05, 0) is 33.6 Å². The van der Waals surface area contributed by atoms with Gasteiger partial charge in [0.2, 0.25) is 0 Å². The Bertz CT molecular complexity index is 319. The van der Waals surface area contributed by atoms with Gasteiger partial charge >= 0.3 is 6.09 Å². The number of carbonyl (C=O) groups excluding carboxylic acids is 1. The number of ether oxygens (including phenoxy) is 2. The molecule has 1 aliphatic heterocycles. The molecule has 2 fully saturated rings. The molecule has 1 saturated heterocycles. The number of hydrogen-bond donors (Lipinski definition) is 1. The molecule has 1 N–H and O–H groups in total. The van der Waals surface area contributed by atoms with Crippen LogP contribution < -0.4 is 0 Å². The van der Waals surface area contributed by atoms with E-state index in [1.165, 1.54) is 0 Å². The van der Waals surface area contributed by atoms with E-state index in [0.717, 1.165) is 12.8 Å². The molecule has 1 unspecified atom stereocenters. The number of aliphatic hydroxyl groups is 1. The van der Waals surface area contributed by atoms with E-state index in [1.54, 1.807) is 4.90 Å². The topological polar surface area (TPSA) is 59.0 Å². The molecule has 0 aromatic rings. The summed E-state index contributed by atoms with van der Waals surface area (Å²) in [5.41, 5.74) is -0.646. The maximum atomic E-state index is 12.2. The Hall–Kier alpha value is -0.810. The van der Waals surface area contributed by atoms with Crippen LogP contribution in [-0.2, 0) is 9.47 Å². The van der Waals surface area contributed by atoms with E-state index in [1.807, 2.05) is 20.8 Å². The van der Waals surface area contributed by atoms with Gasteiger partial charge in [-0.3, -0.25) is 4.90 Å². The third-order valence-corrected chi connectivity index (χ3v) is 3.67. The Morgan fingerprint density at radius 3 is 2.67 bits per heavy atom. The van der Waals surface area contributed by atoms with E-state index in [-0.39, 0.29) is 24.2 Å². The van der Waals surface area contributed by atoms with Crippen LogP contribution in [0.3, 0.4) is 0 Å². The van der Waals surface area contributed by atoms with Crippen LogP contribution >= 0.6 is 0 Å². The van der Waals surface area contributed by atoms with Crippen molar-refractivity contribution < 1.29 is 19.4 Å². The van der Waals surface area contributed by atoms with Crippen molar-refractivity contribution >= 4 is 6.09 Å². The first-order valence-corrected chi connectivity index (χ1v) is 6.56. The standard InChI is InChI=1S/C13H23NO4/c1-12(2,3)18-11(16)14-6-7-17-8-10(14)13(9-15)4-5-13/h10,15H,4-9H2,1-3H3. The van der Waals surface area contributed by atoms with Gasteiger partial charge in [-0.2, -0.15) is 0 Å². The van der Waals surface area contributed by atoms with E-state index >= 15 is 0 Å². The van der Waals surface area contributed by atoms with Crippen LogP contribution in [0.1, 0.15) is 33.6 Å². The highest BCUT2D eigenvalue weighted by molar-refractivity contribution is 5.69. The Morgan fingerprint density at radius 1 is 1.50 bits per heavy atom. The fourth-order valence-electron chi connectivity index (χ4n) is 2.41. The summed E-state index contributed by atoms with van der Waals surface area (Å²) in [5.74, 6) is 0. The largest absolute Gasteiger partial charge is 0.444 e. The van der Waals surface area contributed by atoms with E-state index in [0.29, 0.717) is 19.8 Å². The van der Waals surface area contributed by atoms with Crippen molar-refractivity contribution in [3.05, 3.63) is 0 Å². The lowest BCUT2D eigenvalue weighted by molar-refractivity contribution is -0.0582. The Labute approximate surface area is 108 Å². The van der Waals surface area contributed by atoms with Crippen molar-refractivity contribution in [3.8, 4) is 0 Å². The van der Waals surface area contributed by atoms with E-state index < -0.39 is 5.60 Å². The van der Waals surface area contributed by atoms with Crippen LogP contribution in [-0.4, -0.2) is 54.1 Å². The van der Waals surface area contributed by atoms with Crippen LogP contribution in [0, 0.1) is 5.41 Å². The molecule has 0 bridgehead atoms. The molecular weight excluding hydrogens is 234 g/mol. The first-order valence-electron chi connectivity index (χ1n) is 6.56. The fraction of sp³-hybridized carbons (Fsp3) is 0.923. The Morgan fingerprint density at radius 2 is 2.17 bits per heavy atom. The maximum Gasteiger partial charge on any atom is 0.410 e. The van der Waals surface area contributed by atoms with Gasteiger partial charge in [0.15, 0.2) is 0 Å². The molecule has 1 atom stereocenters. The average molecular weight is 257 g/mol. The third-order valence-electron chi connectivity index (χ3n) is 3.67. The molecular formula is C13H23NO4. The number of hydrogen-bond acceptors (Lipinski definition) is 4. The zero-order chi connectivity index (χ0) is 13.4. The van der Waals surface area contributed by atoms with Crippen molar-refractivity contribution in [2.24, 2.45) is 5.41 Å². The van der Waals surface area contributed by atoms with E-state index in [9.17, 15) is 9.90 Å². The predicted molar refractivity (Wildman–Crippen MR) is 66.3 cm³/mol. The SMILES string of the molecule is CC(C)(C)OC(=O)N1CCOCC1C1(CO)CC1. The quantitative estimate of drug-likeness (QED) is 0.812. The summed E-state index contributed by atoms with van der Waals surface area (Å²) in [7, 11) is 0. The highest BCUT2D eigenvalue weighted by Gasteiger charge is 2.53. The molecule has 18 heavy (non-hydrogen) atoms. The second-order valence-corrected chi connectivity index (χ2v) is 6.28. The lowest BCUT2D eigenvalue weighted by Gasteiger charge is -2.40. The summed E-state index contributed by atoms with van der Waals surface area (Å²) in [4.78, 5) is 13.9. The van der Waals surface area contributed by atoms with Crippen molar-refractivity contribution in [2.75, 3.05) is 26.4 Å². The molecule has 1 amide bonds. The van der Waals surface area contributed by atoms with Crippen LogP contribution in [0.4, 0.5) is 4.79 Å². The van der Waals surface area contributed by atoms with Gasteiger partial charge in [0.25, 0.3) is 0 Å². The molecule has 0 aromatic carbocycles. The van der Waals surface area contributed by atoms with Crippen LogP contribution in [0.25, 0.3) is 0 Å². The van der Waals surface area contributed by atoms with Gasteiger partial charge in [0.05, 0.1) is 25.9 Å². The van der Waals surface area contributed by atoms with Gasteiger partial charge in [0.1, 0.15) is 5.60 Å². The first kappa shape index (κ1) is 13.6. The summed E-state index contributed by atoms with van der Waals surface area (Å²) in [6.45, 7) is 7.27. The molecule has 0 spiro atoms. The molecule has 5 nitrogen and oxygen atoms in total. The molecule has 1 aliphatic carbocycles.